The summed E-state index contributed by atoms with van der Waals surface area (Å²) in [7, 11) is 0. The second kappa shape index (κ2) is 11.2. The zero-order chi connectivity index (χ0) is 23.3. The molecule has 3 rings (SSSR count). The monoisotopic (exact) mass is 517 g/mol. The van der Waals surface area contributed by atoms with Crippen molar-refractivity contribution in [1.29, 1.82) is 0 Å². The summed E-state index contributed by atoms with van der Waals surface area (Å²) in [6.45, 7) is 6.48. The highest BCUT2D eigenvalue weighted by Crippen LogP contribution is 2.29. The van der Waals surface area contributed by atoms with Crippen molar-refractivity contribution in [2.45, 2.75) is 36.3 Å². The fourth-order valence-corrected chi connectivity index (χ4v) is 5.21. The number of thioether (sulfide) groups is 1. The minimum Gasteiger partial charge on any atom is -0.481 e. The number of halogens is 2. The van der Waals surface area contributed by atoms with E-state index in [9.17, 15) is 14.7 Å². The largest absolute Gasteiger partial charge is 0.481 e. The molecule has 1 aromatic carbocycles. The highest BCUT2D eigenvalue weighted by molar-refractivity contribution is 8.01. The molecule has 1 aliphatic rings. The molecule has 2 heterocycles. The SMILES string of the molecule is CC(C)(C(=O)O)c1csc(SCC(=O)NCC2CN(Cc3ccc(Cl)c(Cl)c3)CCO2)n1. The first-order valence-electron chi connectivity index (χ1n) is 10.0. The number of carboxylic acids is 1. The lowest BCUT2D eigenvalue weighted by Crippen LogP contribution is -2.47. The normalized spacial score (nSPS) is 17.3. The first kappa shape index (κ1) is 25.3. The maximum atomic E-state index is 12.3. The molecule has 1 atom stereocenters. The molecule has 7 nitrogen and oxygen atoms in total. The zero-order valence-corrected chi connectivity index (χ0v) is 20.9. The Bertz CT molecular complexity index is 970. The van der Waals surface area contributed by atoms with Crippen molar-refractivity contribution in [3.05, 3.63) is 44.9 Å². The Labute approximate surface area is 205 Å². The number of morpholine rings is 1. The lowest BCUT2D eigenvalue weighted by molar-refractivity contribution is -0.142. The van der Waals surface area contributed by atoms with Crippen molar-refractivity contribution in [2.24, 2.45) is 0 Å². The zero-order valence-electron chi connectivity index (χ0n) is 17.8. The summed E-state index contributed by atoms with van der Waals surface area (Å²) < 4.78 is 6.46. The number of carbonyl (C=O) groups excluding carboxylic acids is 1. The summed E-state index contributed by atoms with van der Waals surface area (Å²) in [4.78, 5) is 30.2. The Balaban J connectivity index is 1.42. The molecule has 174 valence electrons. The number of rotatable bonds is 9. The molecule has 0 radical (unpaired) electrons. The Hall–Kier alpha value is -1.36. The number of carbonyl (C=O) groups is 2. The minimum absolute atomic E-state index is 0.0942. The van der Waals surface area contributed by atoms with Gasteiger partial charge in [0.25, 0.3) is 0 Å². The Morgan fingerprint density at radius 3 is 2.88 bits per heavy atom. The molecule has 0 bridgehead atoms. The summed E-state index contributed by atoms with van der Waals surface area (Å²) in [5, 5.41) is 15.0. The van der Waals surface area contributed by atoms with E-state index in [0.29, 0.717) is 39.8 Å². The van der Waals surface area contributed by atoms with Crippen molar-refractivity contribution in [1.82, 2.24) is 15.2 Å². The number of aromatic nitrogens is 1. The first-order valence-corrected chi connectivity index (χ1v) is 12.6. The molecule has 0 aliphatic carbocycles. The van der Waals surface area contributed by atoms with Crippen LogP contribution < -0.4 is 5.32 Å². The lowest BCUT2D eigenvalue weighted by atomic mass is 9.91. The number of carboxylic acid groups (broad SMARTS) is 1. The van der Waals surface area contributed by atoms with E-state index in [-0.39, 0.29) is 17.8 Å². The van der Waals surface area contributed by atoms with Gasteiger partial charge in [-0.1, -0.05) is 41.0 Å². The molecule has 2 N–H and O–H groups in total. The summed E-state index contributed by atoms with van der Waals surface area (Å²) in [6, 6.07) is 5.62. The van der Waals surface area contributed by atoms with Crippen molar-refractivity contribution >= 4 is 58.2 Å². The molecule has 0 saturated carbocycles. The van der Waals surface area contributed by atoms with Gasteiger partial charge in [-0.3, -0.25) is 14.5 Å². The maximum Gasteiger partial charge on any atom is 0.315 e. The third-order valence-corrected chi connectivity index (χ3v) is 7.88. The maximum absolute atomic E-state index is 12.3. The molecular weight excluding hydrogens is 493 g/mol. The van der Waals surface area contributed by atoms with Gasteiger partial charge in [0.05, 0.1) is 34.2 Å². The van der Waals surface area contributed by atoms with Gasteiger partial charge in [-0.15, -0.1) is 11.3 Å². The molecule has 1 saturated heterocycles. The highest BCUT2D eigenvalue weighted by Gasteiger charge is 2.32. The molecule has 1 amide bonds. The van der Waals surface area contributed by atoms with Crippen LogP contribution in [0.15, 0.2) is 27.9 Å². The van der Waals surface area contributed by atoms with Gasteiger partial charge in [0, 0.05) is 31.6 Å². The number of hydrogen-bond donors (Lipinski definition) is 2. The third kappa shape index (κ3) is 6.82. The van der Waals surface area contributed by atoms with Crippen LogP contribution in [0.2, 0.25) is 10.0 Å². The molecule has 1 aliphatic heterocycles. The topological polar surface area (TPSA) is 91.8 Å². The van der Waals surface area contributed by atoms with Crippen LogP contribution in [0.3, 0.4) is 0 Å². The van der Waals surface area contributed by atoms with Crippen LogP contribution >= 0.6 is 46.3 Å². The van der Waals surface area contributed by atoms with Crippen LogP contribution in [0, 0.1) is 0 Å². The standard InChI is InChI=1S/C21H25Cl2N3O4S2/c1-21(2,19(28)29)17-11-31-20(25-17)32-12-18(27)24-8-14-10-26(5-6-30-14)9-13-3-4-15(22)16(23)7-13/h3-4,7,11,14H,5-6,8-10,12H2,1-2H3,(H,24,27)(H,28,29). The van der Waals surface area contributed by atoms with Gasteiger partial charge in [-0.25, -0.2) is 4.98 Å². The van der Waals surface area contributed by atoms with Crippen molar-refractivity contribution in [2.75, 3.05) is 32.0 Å². The van der Waals surface area contributed by atoms with Crippen LogP contribution in [-0.4, -0.2) is 65.0 Å². The van der Waals surface area contributed by atoms with Crippen LogP contribution in [0.1, 0.15) is 25.1 Å². The molecule has 11 heteroatoms. The molecule has 1 fully saturated rings. The van der Waals surface area contributed by atoms with Crippen molar-refractivity contribution < 1.29 is 19.4 Å². The number of nitrogens with zero attached hydrogens (tertiary/aromatic N) is 2. The third-order valence-electron chi connectivity index (χ3n) is 5.12. The van der Waals surface area contributed by atoms with E-state index < -0.39 is 11.4 Å². The first-order chi connectivity index (χ1) is 15.1. The van der Waals surface area contributed by atoms with E-state index in [2.05, 4.69) is 15.2 Å². The van der Waals surface area contributed by atoms with E-state index in [0.717, 1.165) is 18.7 Å². The molecule has 1 unspecified atom stereocenters. The van der Waals surface area contributed by atoms with Gasteiger partial charge in [-0.05, 0) is 31.5 Å². The fraction of sp³-hybridized carbons (Fsp3) is 0.476. The van der Waals surface area contributed by atoms with Gasteiger partial charge < -0.3 is 15.2 Å². The summed E-state index contributed by atoms with van der Waals surface area (Å²) in [5.74, 6) is -0.840. The second-order valence-corrected chi connectivity index (χ2v) is 10.9. The highest BCUT2D eigenvalue weighted by atomic mass is 35.5. The van der Waals surface area contributed by atoms with Gasteiger partial charge in [0.1, 0.15) is 5.41 Å². The number of aliphatic carboxylic acids is 1. The van der Waals surface area contributed by atoms with Gasteiger partial charge in [0.15, 0.2) is 4.34 Å². The van der Waals surface area contributed by atoms with Crippen LogP contribution in [-0.2, 0) is 26.3 Å². The Morgan fingerprint density at radius 2 is 2.16 bits per heavy atom. The predicted octanol–water partition coefficient (Wildman–Crippen LogP) is 3.92. The predicted molar refractivity (Wildman–Crippen MR) is 128 cm³/mol. The summed E-state index contributed by atoms with van der Waals surface area (Å²) in [6.07, 6.45) is -0.0942. The molecule has 2 aromatic rings. The van der Waals surface area contributed by atoms with E-state index in [1.807, 2.05) is 12.1 Å². The number of hydrogen-bond acceptors (Lipinski definition) is 7. The van der Waals surface area contributed by atoms with Gasteiger partial charge >= 0.3 is 5.97 Å². The van der Waals surface area contributed by atoms with Crippen LogP contribution in [0.5, 0.6) is 0 Å². The Kier molecular flexibility index (Phi) is 8.82. The van der Waals surface area contributed by atoms with Crippen molar-refractivity contribution in [3.8, 4) is 0 Å². The van der Waals surface area contributed by atoms with E-state index >= 15 is 0 Å². The Morgan fingerprint density at radius 1 is 1.38 bits per heavy atom. The quantitative estimate of drug-likeness (QED) is 0.487. The van der Waals surface area contributed by atoms with Gasteiger partial charge in [-0.2, -0.15) is 0 Å². The molecule has 1 aromatic heterocycles. The molecular formula is C21H25Cl2N3O4S2. The van der Waals surface area contributed by atoms with E-state index in [4.69, 9.17) is 27.9 Å². The smallest absolute Gasteiger partial charge is 0.315 e. The fourth-order valence-electron chi connectivity index (χ4n) is 3.07. The molecule has 0 spiro atoms. The number of ether oxygens (including phenoxy) is 1. The number of amides is 1. The van der Waals surface area contributed by atoms with E-state index in [1.54, 1.807) is 25.3 Å². The van der Waals surface area contributed by atoms with Crippen LogP contribution in [0.25, 0.3) is 0 Å². The average molecular weight is 518 g/mol. The van der Waals surface area contributed by atoms with Crippen LogP contribution in [0.4, 0.5) is 0 Å². The minimum atomic E-state index is -1.06. The molecule has 32 heavy (non-hydrogen) atoms. The second-order valence-electron chi connectivity index (χ2n) is 8.00. The number of thiazole rings is 1. The van der Waals surface area contributed by atoms with Crippen molar-refractivity contribution in [3.63, 3.8) is 0 Å². The summed E-state index contributed by atoms with van der Waals surface area (Å²) >= 11 is 14.7. The van der Waals surface area contributed by atoms with Gasteiger partial charge in [0.2, 0.25) is 5.91 Å². The summed E-state index contributed by atoms with van der Waals surface area (Å²) in [5.41, 5.74) is 0.518. The van der Waals surface area contributed by atoms with E-state index in [1.165, 1.54) is 23.1 Å². The number of nitrogens with one attached hydrogen (secondary N) is 1. The lowest BCUT2D eigenvalue weighted by Gasteiger charge is -2.33. The number of benzene rings is 1. The average Bonchev–Trinajstić information content (AvgIpc) is 3.23.